The van der Waals surface area contributed by atoms with Crippen molar-refractivity contribution >= 4 is 22.7 Å². The molecule has 3 heterocycles. The molecule has 1 saturated heterocycles. The van der Waals surface area contributed by atoms with Gasteiger partial charge in [-0.25, -0.2) is 0 Å². The number of carbonyl (C=O) groups excluding carboxylic acids is 2. The van der Waals surface area contributed by atoms with Crippen LogP contribution in [-0.4, -0.2) is 35.6 Å². The number of furan rings is 1. The topological polar surface area (TPSA) is 70.7 Å². The van der Waals surface area contributed by atoms with Crippen molar-refractivity contribution in [2.24, 2.45) is 0 Å². The van der Waals surface area contributed by atoms with Gasteiger partial charge in [0.1, 0.15) is 5.58 Å². The molecule has 4 rings (SSSR count). The summed E-state index contributed by atoms with van der Waals surface area (Å²) in [5.41, 5.74) is 6.26. The molecular weight excluding hydrogens is 394 g/mol. The Kier molecular flexibility index (Phi) is 6.01. The number of rotatable bonds is 7. The van der Waals surface area contributed by atoms with E-state index in [1.54, 1.807) is 6.26 Å². The third-order valence-corrected chi connectivity index (χ3v) is 6.33. The molecule has 0 radical (unpaired) electrons. The third kappa shape index (κ3) is 4.30. The second-order valence-electron chi connectivity index (χ2n) is 8.44. The predicted octanol–water partition coefficient (Wildman–Crippen LogP) is 4.62. The van der Waals surface area contributed by atoms with Crippen molar-refractivity contribution in [3.05, 3.63) is 58.1 Å². The van der Waals surface area contributed by atoms with E-state index >= 15 is 0 Å². The normalized spacial score (nSPS) is 16.2. The van der Waals surface area contributed by atoms with Gasteiger partial charge in [-0.15, -0.1) is 0 Å². The fourth-order valence-corrected chi connectivity index (χ4v) is 4.31. The molecule has 0 unspecified atom stereocenters. The summed E-state index contributed by atoms with van der Waals surface area (Å²) in [6, 6.07) is 5.84. The van der Waals surface area contributed by atoms with Gasteiger partial charge in [-0.2, -0.15) is 0 Å². The lowest BCUT2D eigenvalue weighted by atomic mass is 10.0. The Morgan fingerprint density at radius 2 is 2.00 bits per heavy atom. The van der Waals surface area contributed by atoms with Crippen LogP contribution in [0.25, 0.3) is 11.0 Å². The van der Waals surface area contributed by atoms with Gasteiger partial charge in [-0.05, 0) is 57.7 Å². The minimum Gasteiger partial charge on any atom is -0.464 e. The second kappa shape index (κ2) is 8.71. The molecule has 0 aliphatic carbocycles. The highest BCUT2D eigenvalue weighted by atomic mass is 16.5. The molecular formula is C25H29NO5. The standard InChI is InChI=1S/C25H29NO5/c1-15-7-8-21-19(13-31-25(21)17(15)3)11-24(28)30-14-23(27)22-10-16(2)26(18(22)4)12-20-6-5-9-29-20/h7-8,10,13,20H,5-6,9,11-12,14H2,1-4H3/t20-/m0/s1. The van der Waals surface area contributed by atoms with Crippen molar-refractivity contribution in [3.63, 3.8) is 0 Å². The highest BCUT2D eigenvalue weighted by Crippen LogP contribution is 2.27. The summed E-state index contributed by atoms with van der Waals surface area (Å²) in [6.07, 6.45) is 3.99. The van der Waals surface area contributed by atoms with Crippen LogP contribution < -0.4 is 0 Å². The van der Waals surface area contributed by atoms with Crippen molar-refractivity contribution in [2.45, 2.75) is 59.6 Å². The van der Waals surface area contributed by atoms with E-state index in [2.05, 4.69) is 4.57 Å². The average Bonchev–Trinajstić information content (AvgIpc) is 3.46. The maximum atomic E-state index is 12.7. The number of hydrogen-bond donors (Lipinski definition) is 0. The van der Waals surface area contributed by atoms with E-state index in [9.17, 15) is 9.59 Å². The maximum absolute atomic E-state index is 12.7. The highest BCUT2D eigenvalue weighted by Gasteiger charge is 2.22. The fraction of sp³-hybridized carbons (Fsp3) is 0.440. The molecule has 0 spiro atoms. The fourth-order valence-electron chi connectivity index (χ4n) is 4.31. The molecule has 0 saturated carbocycles. The van der Waals surface area contributed by atoms with Gasteiger partial charge >= 0.3 is 5.97 Å². The molecule has 1 atom stereocenters. The highest BCUT2D eigenvalue weighted by molar-refractivity contribution is 5.99. The summed E-state index contributed by atoms with van der Waals surface area (Å²) in [5.74, 6) is -0.633. The van der Waals surface area contributed by atoms with Crippen molar-refractivity contribution in [3.8, 4) is 0 Å². The molecule has 164 valence electrons. The number of ether oxygens (including phenoxy) is 2. The van der Waals surface area contributed by atoms with Crippen molar-refractivity contribution in [2.75, 3.05) is 13.2 Å². The van der Waals surface area contributed by atoms with Crippen LogP contribution in [0.3, 0.4) is 0 Å². The number of carbonyl (C=O) groups is 2. The van der Waals surface area contributed by atoms with E-state index in [0.717, 1.165) is 65.0 Å². The van der Waals surface area contributed by atoms with Crippen LogP contribution in [0.15, 0.2) is 28.9 Å². The predicted molar refractivity (Wildman–Crippen MR) is 118 cm³/mol. The van der Waals surface area contributed by atoms with E-state index in [4.69, 9.17) is 13.9 Å². The van der Waals surface area contributed by atoms with Crippen molar-refractivity contribution in [1.82, 2.24) is 4.57 Å². The van der Waals surface area contributed by atoms with Gasteiger partial charge < -0.3 is 18.5 Å². The zero-order chi connectivity index (χ0) is 22.1. The molecule has 0 bridgehead atoms. The van der Waals surface area contributed by atoms with Crippen molar-refractivity contribution in [1.29, 1.82) is 0 Å². The molecule has 2 aromatic heterocycles. The van der Waals surface area contributed by atoms with Crippen LogP contribution in [0.2, 0.25) is 0 Å². The molecule has 0 N–H and O–H groups in total. The van der Waals surface area contributed by atoms with E-state index in [1.165, 1.54) is 0 Å². The monoisotopic (exact) mass is 423 g/mol. The molecule has 1 fully saturated rings. The number of ketones is 1. The van der Waals surface area contributed by atoms with Gasteiger partial charge in [0, 0.05) is 41.1 Å². The van der Waals surface area contributed by atoms with Gasteiger partial charge in [0.25, 0.3) is 0 Å². The summed E-state index contributed by atoms with van der Waals surface area (Å²) in [5, 5.41) is 0.907. The van der Waals surface area contributed by atoms with Crippen LogP contribution >= 0.6 is 0 Å². The number of Topliss-reactive ketones (excluding diaryl/α,β-unsaturated/α-hetero) is 1. The van der Waals surface area contributed by atoms with Crippen molar-refractivity contribution < 1.29 is 23.5 Å². The minimum absolute atomic E-state index is 0.0703. The minimum atomic E-state index is -0.442. The molecule has 1 aromatic carbocycles. The summed E-state index contributed by atoms with van der Waals surface area (Å²) < 4.78 is 18.8. The molecule has 6 nitrogen and oxygen atoms in total. The summed E-state index contributed by atoms with van der Waals surface area (Å²) >= 11 is 0. The van der Waals surface area contributed by atoms with Crippen LogP contribution in [0.4, 0.5) is 0 Å². The first-order valence-corrected chi connectivity index (χ1v) is 10.8. The Morgan fingerprint density at radius 3 is 2.74 bits per heavy atom. The number of aryl methyl sites for hydroxylation is 3. The Labute approximate surface area is 182 Å². The Morgan fingerprint density at radius 1 is 1.19 bits per heavy atom. The van der Waals surface area contributed by atoms with E-state index < -0.39 is 5.97 Å². The molecule has 3 aromatic rings. The number of nitrogens with zero attached hydrogens (tertiary/aromatic N) is 1. The van der Waals surface area contributed by atoms with Gasteiger partial charge in [0.05, 0.1) is 18.8 Å². The van der Waals surface area contributed by atoms with Gasteiger partial charge in [-0.1, -0.05) is 12.1 Å². The average molecular weight is 424 g/mol. The lowest BCUT2D eigenvalue weighted by Crippen LogP contribution is -2.18. The SMILES string of the molecule is Cc1ccc2c(CC(=O)OCC(=O)c3cc(C)n(C[C@@H]4CCCO4)c3C)coc2c1C. The summed E-state index contributed by atoms with van der Waals surface area (Å²) in [7, 11) is 0. The molecule has 0 amide bonds. The van der Waals surface area contributed by atoms with Gasteiger partial charge in [0.15, 0.2) is 6.61 Å². The molecule has 6 heteroatoms. The second-order valence-corrected chi connectivity index (χ2v) is 8.44. The molecule has 31 heavy (non-hydrogen) atoms. The first-order valence-electron chi connectivity index (χ1n) is 10.8. The Balaban J connectivity index is 1.39. The number of fused-ring (bicyclic) bond motifs is 1. The van der Waals surface area contributed by atoms with Crippen LogP contribution in [0, 0.1) is 27.7 Å². The third-order valence-electron chi connectivity index (χ3n) is 6.33. The number of aromatic nitrogens is 1. The van der Waals surface area contributed by atoms with E-state index in [-0.39, 0.29) is 24.9 Å². The lowest BCUT2D eigenvalue weighted by molar-refractivity contribution is -0.141. The van der Waals surface area contributed by atoms with Crippen LogP contribution in [0.5, 0.6) is 0 Å². The number of benzene rings is 1. The zero-order valence-corrected chi connectivity index (χ0v) is 18.6. The summed E-state index contributed by atoms with van der Waals surface area (Å²) in [6.45, 7) is 9.22. The van der Waals surface area contributed by atoms with Gasteiger partial charge in [-0.3, -0.25) is 9.59 Å². The quantitative estimate of drug-likeness (QED) is 0.410. The van der Waals surface area contributed by atoms with E-state index in [1.807, 2.05) is 45.9 Å². The first kappa shape index (κ1) is 21.4. The number of esters is 1. The largest absolute Gasteiger partial charge is 0.464 e. The van der Waals surface area contributed by atoms with Gasteiger partial charge in [0.2, 0.25) is 5.78 Å². The maximum Gasteiger partial charge on any atom is 0.310 e. The Hall–Kier alpha value is -2.86. The number of hydrogen-bond acceptors (Lipinski definition) is 5. The molecule has 1 aliphatic rings. The summed E-state index contributed by atoms with van der Waals surface area (Å²) in [4.78, 5) is 25.1. The molecule has 1 aliphatic heterocycles. The van der Waals surface area contributed by atoms with Crippen LogP contribution in [-0.2, 0) is 27.2 Å². The smallest absolute Gasteiger partial charge is 0.310 e. The zero-order valence-electron chi connectivity index (χ0n) is 18.6. The van der Waals surface area contributed by atoms with E-state index in [0.29, 0.717) is 5.56 Å². The Bertz CT molecular complexity index is 1130. The van der Waals surface area contributed by atoms with Crippen LogP contribution in [0.1, 0.15) is 51.3 Å². The first-order chi connectivity index (χ1) is 14.8. The lowest BCUT2D eigenvalue weighted by Gasteiger charge is -2.14.